The number of para-hydroxylation sites is 2. The molecule has 1 aliphatic rings. The fraction of sp³-hybridized carbons (Fsp3) is 0.261. The molecule has 3 aromatic rings. The van der Waals surface area contributed by atoms with Crippen LogP contribution in [0.5, 0.6) is 0 Å². The van der Waals surface area contributed by atoms with Gasteiger partial charge in [0.2, 0.25) is 0 Å². The summed E-state index contributed by atoms with van der Waals surface area (Å²) in [4.78, 5) is 31.2. The molecule has 0 aliphatic carbocycles. The fourth-order valence-corrected chi connectivity index (χ4v) is 3.57. The van der Waals surface area contributed by atoms with Crippen molar-refractivity contribution >= 4 is 28.5 Å². The van der Waals surface area contributed by atoms with E-state index in [-0.39, 0.29) is 18.3 Å². The summed E-state index contributed by atoms with van der Waals surface area (Å²) in [5, 5.41) is 1.07. The van der Waals surface area contributed by atoms with Gasteiger partial charge in [0, 0.05) is 29.7 Å². The van der Waals surface area contributed by atoms with E-state index in [9.17, 15) is 9.59 Å². The molecule has 28 heavy (non-hydrogen) atoms. The highest BCUT2D eigenvalue weighted by Crippen LogP contribution is 2.28. The summed E-state index contributed by atoms with van der Waals surface area (Å²) in [6.07, 6.45) is 0.704. The van der Waals surface area contributed by atoms with Crippen molar-refractivity contribution in [2.24, 2.45) is 0 Å². The van der Waals surface area contributed by atoms with Crippen molar-refractivity contribution in [3.63, 3.8) is 0 Å². The van der Waals surface area contributed by atoms with E-state index in [4.69, 9.17) is 4.74 Å². The van der Waals surface area contributed by atoms with Gasteiger partial charge in [0.1, 0.15) is 0 Å². The molecule has 0 fully saturated rings. The van der Waals surface area contributed by atoms with E-state index in [1.807, 2.05) is 60.7 Å². The van der Waals surface area contributed by atoms with Crippen LogP contribution < -0.4 is 4.90 Å². The lowest BCUT2D eigenvalue weighted by molar-refractivity contribution is -0.153. The van der Waals surface area contributed by atoms with Crippen LogP contribution in [0.15, 0.2) is 60.7 Å². The number of pyridine rings is 1. The second-order valence-corrected chi connectivity index (χ2v) is 7.00. The molecule has 0 spiro atoms. The van der Waals surface area contributed by atoms with Gasteiger partial charge in [-0.05, 0) is 37.1 Å². The van der Waals surface area contributed by atoms with Gasteiger partial charge in [0.05, 0.1) is 11.9 Å². The van der Waals surface area contributed by atoms with Crippen molar-refractivity contribution < 1.29 is 14.3 Å². The van der Waals surface area contributed by atoms with Crippen LogP contribution in [0.4, 0.5) is 5.69 Å². The molecule has 142 valence electrons. The van der Waals surface area contributed by atoms with Gasteiger partial charge in [-0.15, -0.1) is 0 Å². The summed E-state index contributed by atoms with van der Waals surface area (Å²) in [6, 6.07) is 19.6. The molecule has 1 amide bonds. The Morgan fingerprint density at radius 1 is 1.07 bits per heavy atom. The van der Waals surface area contributed by atoms with Crippen LogP contribution in [-0.2, 0) is 27.2 Å². The molecule has 0 saturated heterocycles. The largest absolute Gasteiger partial charge is 0.453 e. The maximum Gasteiger partial charge on any atom is 0.306 e. The first-order valence-corrected chi connectivity index (χ1v) is 9.55. The average Bonchev–Trinajstić information content (AvgIpc) is 3.15. The van der Waals surface area contributed by atoms with Gasteiger partial charge >= 0.3 is 5.97 Å². The van der Waals surface area contributed by atoms with Crippen molar-refractivity contribution in [1.82, 2.24) is 4.98 Å². The first kappa shape index (κ1) is 18.2. The molecule has 0 radical (unpaired) electrons. The molecule has 5 nitrogen and oxygen atoms in total. The van der Waals surface area contributed by atoms with Crippen molar-refractivity contribution in [3.8, 4) is 0 Å². The molecular formula is C23H22N2O3. The number of amides is 1. The number of esters is 1. The van der Waals surface area contributed by atoms with Gasteiger partial charge in [-0.1, -0.05) is 42.5 Å². The maximum atomic E-state index is 12.7. The number of aromatic nitrogens is 1. The molecule has 1 atom stereocenters. The van der Waals surface area contributed by atoms with E-state index >= 15 is 0 Å². The molecule has 0 N–H and O–H groups in total. The molecule has 1 aliphatic heterocycles. The number of hydrogen-bond donors (Lipinski definition) is 0. The van der Waals surface area contributed by atoms with Gasteiger partial charge in [-0.3, -0.25) is 14.6 Å². The predicted molar refractivity (Wildman–Crippen MR) is 108 cm³/mol. The molecule has 2 aromatic carbocycles. The Morgan fingerprint density at radius 3 is 2.75 bits per heavy atom. The topological polar surface area (TPSA) is 59.5 Å². The summed E-state index contributed by atoms with van der Waals surface area (Å²) in [5.41, 5.74) is 3.81. The van der Waals surface area contributed by atoms with Crippen molar-refractivity contribution in [2.45, 2.75) is 32.3 Å². The number of anilines is 1. The van der Waals surface area contributed by atoms with Gasteiger partial charge in [0.25, 0.3) is 5.91 Å². The Kier molecular flexibility index (Phi) is 5.06. The van der Waals surface area contributed by atoms with Crippen LogP contribution in [0, 0.1) is 0 Å². The fourth-order valence-electron chi connectivity index (χ4n) is 3.57. The lowest BCUT2D eigenvalue weighted by Gasteiger charge is -2.21. The highest BCUT2D eigenvalue weighted by Gasteiger charge is 2.29. The van der Waals surface area contributed by atoms with Gasteiger partial charge in [-0.2, -0.15) is 0 Å². The minimum Gasteiger partial charge on any atom is -0.453 e. The molecule has 5 heteroatoms. The van der Waals surface area contributed by atoms with Crippen LogP contribution in [-0.4, -0.2) is 29.5 Å². The van der Waals surface area contributed by atoms with Crippen LogP contribution >= 0.6 is 0 Å². The Hall–Kier alpha value is -3.21. The molecule has 0 saturated carbocycles. The van der Waals surface area contributed by atoms with Crippen molar-refractivity contribution in [1.29, 1.82) is 0 Å². The van der Waals surface area contributed by atoms with Crippen LogP contribution in [0.2, 0.25) is 0 Å². The monoisotopic (exact) mass is 374 g/mol. The molecule has 0 bridgehead atoms. The summed E-state index contributed by atoms with van der Waals surface area (Å²) in [6.45, 7) is 2.26. The van der Waals surface area contributed by atoms with E-state index in [0.29, 0.717) is 13.0 Å². The number of fused-ring (bicyclic) bond motifs is 2. The third-order valence-corrected chi connectivity index (χ3v) is 5.05. The highest BCUT2D eigenvalue weighted by molar-refractivity contribution is 5.99. The number of rotatable bonds is 5. The van der Waals surface area contributed by atoms with Crippen molar-refractivity contribution in [2.75, 3.05) is 11.4 Å². The Balaban J connectivity index is 1.33. The smallest absolute Gasteiger partial charge is 0.306 e. The number of ether oxygens (including phenoxy) is 1. The normalized spacial score (nSPS) is 14.0. The summed E-state index contributed by atoms with van der Waals surface area (Å²) in [7, 11) is 0. The first-order chi connectivity index (χ1) is 13.6. The zero-order chi connectivity index (χ0) is 19.5. The second kappa shape index (κ2) is 7.80. The van der Waals surface area contributed by atoms with Crippen LogP contribution in [0.1, 0.15) is 24.6 Å². The Morgan fingerprint density at radius 2 is 1.86 bits per heavy atom. The number of hydrogen-bond acceptors (Lipinski definition) is 4. The lowest BCUT2D eigenvalue weighted by atomic mass is 10.1. The van der Waals surface area contributed by atoms with E-state index in [1.54, 1.807) is 11.8 Å². The first-order valence-electron chi connectivity index (χ1n) is 9.55. The van der Waals surface area contributed by atoms with Crippen LogP contribution in [0.25, 0.3) is 10.9 Å². The third-order valence-electron chi connectivity index (χ3n) is 5.05. The zero-order valence-electron chi connectivity index (χ0n) is 15.8. The third kappa shape index (κ3) is 3.74. The molecule has 2 heterocycles. The molecular weight excluding hydrogens is 352 g/mol. The lowest BCUT2D eigenvalue weighted by Crippen LogP contribution is -2.39. The van der Waals surface area contributed by atoms with Gasteiger partial charge in [0.15, 0.2) is 6.10 Å². The predicted octanol–water partition coefficient (Wildman–Crippen LogP) is 3.69. The minimum absolute atomic E-state index is 0.179. The van der Waals surface area contributed by atoms with E-state index < -0.39 is 6.10 Å². The Bertz CT molecular complexity index is 1030. The SMILES string of the molecule is CC(OC(=O)CCc1ccc2ccccc2n1)C(=O)N1CCc2ccccc21. The molecule has 1 aromatic heterocycles. The van der Waals surface area contributed by atoms with Crippen LogP contribution in [0.3, 0.4) is 0 Å². The average molecular weight is 374 g/mol. The Labute approximate surface area is 163 Å². The quantitative estimate of drug-likeness (QED) is 0.639. The van der Waals surface area contributed by atoms with Gasteiger partial charge in [-0.25, -0.2) is 0 Å². The number of benzene rings is 2. The maximum absolute atomic E-state index is 12.7. The highest BCUT2D eigenvalue weighted by atomic mass is 16.5. The summed E-state index contributed by atoms with van der Waals surface area (Å²) < 4.78 is 5.39. The summed E-state index contributed by atoms with van der Waals surface area (Å²) >= 11 is 0. The molecule has 1 unspecified atom stereocenters. The van der Waals surface area contributed by atoms with E-state index in [2.05, 4.69) is 4.98 Å². The van der Waals surface area contributed by atoms with E-state index in [0.717, 1.165) is 34.3 Å². The zero-order valence-corrected chi connectivity index (χ0v) is 15.8. The van der Waals surface area contributed by atoms with Gasteiger partial charge < -0.3 is 9.64 Å². The molecule has 4 rings (SSSR count). The standard InChI is InChI=1S/C23H22N2O3/c1-16(23(27)25-15-14-18-7-3-5-9-21(18)25)28-22(26)13-12-19-11-10-17-6-2-4-8-20(17)24-19/h2-11,16H,12-15H2,1H3. The number of carbonyl (C=O) groups excluding carboxylic acids is 2. The van der Waals surface area contributed by atoms with Crippen molar-refractivity contribution in [3.05, 3.63) is 71.9 Å². The van der Waals surface area contributed by atoms with E-state index in [1.165, 1.54) is 0 Å². The second-order valence-electron chi connectivity index (χ2n) is 7.00. The number of aryl methyl sites for hydroxylation is 1. The summed E-state index contributed by atoms with van der Waals surface area (Å²) in [5.74, 6) is -0.564. The number of nitrogens with zero attached hydrogens (tertiary/aromatic N) is 2. The number of carbonyl (C=O) groups is 2. The minimum atomic E-state index is -0.803.